The standard InChI is InChI=1S/C29H55NO9/c1-6-11-16-30(17-12-7-2)18-15-26(31)37-20-19-36-23-29(10-5,21-24(13-8-3)38-27(32)33)22-25(14-9-4)39-28(34)35/h24-25H,6-23H2,1-5H3,(H,32,33)(H,34,35). The topological polar surface area (TPSA) is 132 Å². The van der Waals surface area contributed by atoms with Crippen LogP contribution in [-0.2, 0) is 23.7 Å². The van der Waals surface area contributed by atoms with Crippen molar-refractivity contribution in [3.63, 3.8) is 0 Å². The Morgan fingerprint density at radius 3 is 1.67 bits per heavy atom. The van der Waals surface area contributed by atoms with Crippen molar-refractivity contribution in [1.29, 1.82) is 0 Å². The van der Waals surface area contributed by atoms with E-state index in [1.807, 2.05) is 20.8 Å². The molecule has 0 aromatic carbocycles. The van der Waals surface area contributed by atoms with E-state index >= 15 is 0 Å². The van der Waals surface area contributed by atoms with Gasteiger partial charge in [-0.15, -0.1) is 0 Å². The lowest BCUT2D eigenvalue weighted by Gasteiger charge is -2.37. The summed E-state index contributed by atoms with van der Waals surface area (Å²) in [7, 11) is 0. The molecular weight excluding hydrogens is 506 g/mol. The van der Waals surface area contributed by atoms with E-state index in [4.69, 9.17) is 18.9 Å². The predicted molar refractivity (Wildman–Crippen MR) is 150 cm³/mol. The lowest BCUT2D eigenvalue weighted by molar-refractivity contribution is -0.146. The van der Waals surface area contributed by atoms with Crippen LogP contribution in [0.2, 0.25) is 0 Å². The maximum atomic E-state index is 12.3. The number of carbonyl (C=O) groups is 3. The highest BCUT2D eigenvalue weighted by Gasteiger charge is 2.37. The van der Waals surface area contributed by atoms with Crippen molar-refractivity contribution in [2.75, 3.05) is 39.5 Å². The fourth-order valence-corrected chi connectivity index (χ4v) is 4.82. The van der Waals surface area contributed by atoms with Gasteiger partial charge in [0.25, 0.3) is 0 Å². The first-order chi connectivity index (χ1) is 18.6. The monoisotopic (exact) mass is 561 g/mol. The molecular formula is C29H55NO9. The van der Waals surface area contributed by atoms with Crippen LogP contribution in [0.15, 0.2) is 0 Å². The highest BCUT2D eigenvalue weighted by atomic mass is 16.7. The first kappa shape index (κ1) is 36.9. The molecule has 2 unspecified atom stereocenters. The zero-order valence-electron chi connectivity index (χ0n) is 25.1. The average Bonchev–Trinajstić information content (AvgIpc) is 2.87. The quantitative estimate of drug-likeness (QED) is 0.0701. The van der Waals surface area contributed by atoms with Crippen LogP contribution in [0.5, 0.6) is 0 Å². The van der Waals surface area contributed by atoms with Crippen LogP contribution < -0.4 is 0 Å². The molecule has 0 aliphatic heterocycles. The van der Waals surface area contributed by atoms with Gasteiger partial charge in [0.05, 0.1) is 19.6 Å². The van der Waals surface area contributed by atoms with E-state index in [9.17, 15) is 24.6 Å². The van der Waals surface area contributed by atoms with Crippen LogP contribution in [0.3, 0.4) is 0 Å². The molecule has 10 nitrogen and oxygen atoms in total. The van der Waals surface area contributed by atoms with Crippen molar-refractivity contribution in [1.82, 2.24) is 4.90 Å². The lowest BCUT2D eigenvalue weighted by Crippen LogP contribution is -2.37. The van der Waals surface area contributed by atoms with E-state index in [1.165, 1.54) is 0 Å². The zero-order chi connectivity index (χ0) is 29.5. The van der Waals surface area contributed by atoms with Gasteiger partial charge in [0.15, 0.2) is 0 Å². The molecule has 10 heteroatoms. The summed E-state index contributed by atoms with van der Waals surface area (Å²) >= 11 is 0. The number of rotatable bonds is 25. The molecule has 0 rings (SSSR count). The molecule has 0 saturated heterocycles. The summed E-state index contributed by atoms with van der Waals surface area (Å²) in [6.45, 7) is 13.4. The minimum absolute atomic E-state index is 0.122. The summed E-state index contributed by atoms with van der Waals surface area (Å²) in [4.78, 5) is 37.2. The van der Waals surface area contributed by atoms with Gasteiger partial charge in [0.1, 0.15) is 18.8 Å². The van der Waals surface area contributed by atoms with E-state index < -0.39 is 29.9 Å². The second-order valence-corrected chi connectivity index (χ2v) is 10.4. The molecule has 0 fully saturated rings. The molecule has 0 bridgehead atoms. The molecule has 0 amide bonds. The highest BCUT2D eigenvalue weighted by Crippen LogP contribution is 2.37. The van der Waals surface area contributed by atoms with Gasteiger partial charge in [-0.1, -0.05) is 60.3 Å². The molecule has 0 heterocycles. The smallest absolute Gasteiger partial charge is 0.463 e. The third-order valence-electron chi connectivity index (χ3n) is 7.01. The van der Waals surface area contributed by atoms with Gasteiger partial charge in [-0.25, -0.2) is 9.59 Å². The van der Waals surface area contributed by atoms with E-state index in [-0.39, 0.29) is 25.8 Å². The lowest BCUT2D eigenvalue weighted by atomic mass is 9.74. The Hall–Kier alpha value is -2.07. The second-order valence-electron chi connectivity index (χ2n) is 10.4. The number of hydrogen-bond acceptors (Lipinski definition) is 8. The number of carboxylic acid groups (broad SMARTS) is 2. The summed E-state index contributed by atoms with van der Waals surface area (Å²) in [5.41, 5.74) is -0.562. The predicted octanol–water partition coefficient (Wildman–Crippen LogP) is 6.74. The van der Waals surface area contributed by atoms with E-state index in [1.54, 1.807) is 0 Å². The maximum absolute atomic E-state index is 12.3. The summed E-state index contributed by atoms with van der Waals surface area (Å²) in [6.07, 6.45) is 5.03. The Bertz CT molecular complexity index is 623. The van der Waals surface area contributed by atoms with Gasteiger partial charge >= 0.3 is 18.3 Å². The Morgan fingerprint density at radius 1 is 0.744 bits per heavy atom. The van der Waals surface area contributed by atoms with E-state index in [2.05, 4.69) is 18.7 Å². The average molecular weight is 562 g/mol. The van der Waals surface area contributed by atoms with Crippen molar-refractivity contribution in [2.24, 2.45) is 5.41 Å². The molecule has 0 spiro atoms. The Labute approximate surface area is 235 Å². The fourth-order valence-electron chi connectivity index (χ4n) is 4.82. The molecule has 0 aromatic rings. The van der Waals surface area contributed by atoms with Gasteiger partial charge in [-0.2, -0.15) is 0 Å². The molecule has 2 atom stereocenters. The van der Waals surface area contributed by atoms with Gasteiger partial charge < -0.3 is 34.1 Å². The van der Waals surface area contributed by atoms with E-state index in [0.717, 1.165) is 51.6 Å². The summed E-state index contributed by atoms with van der Waals surface area (Å²) in [5.74, 6) is -0.255. The first-order valence-corrected chi connectivity index (χ1v) is 14.9. The van der Waals surface area contributed by atoms with Crippen LogP contribution >= 0.6 is 0 Å². The Balaban J connectivity index is 5.08. The molecule has 0 aliphatic rings. The number of hydrogen-bond donors (Lipinski definition) is 2. The normalized spacial score (nSPS) is 14.4. The summed E-state index contributed by atoms with van der Waals surface area (Å²) < 4.78 is 21.7. The number of esters is 1. The first-order valence-electron chi connectivity index (χ1n) is 14.9. The third kappa shape index (κ3) is 18.8. The van der Waals surface area contributed by atoms with Crippen molar-refractivity contribution in [3.05, 3.63) is 0 Å². The van der Waals surface area contributed by atoms with E-state index in [0.29, 0.717) is 45.1 Å². The van der Waals surface area contributed by atoms with Crippen LogP contribution in [-0.4, -0.2) is 85.1 Å². The number of unbranched alkanes of at least 4 members (excludes halogenated alkanes) is 2. The van der Waals surface area contributed by atoms with Crippen LogP contribution in [0.1, 0.15) is 112 Å². The highest BCUT2D eigenvalue weighted by molar-refractivity contribution is 5.69. The minimum Gasteiger partial charge on any atom is -0.463 e. The number of ether oxygens (including phenoxy) is 4. The van der Waals surface area contributed by atoms with Gasteiger partial charge in [-0.05, 0) is 58.0 Å². The molecule has 0 aromatic heterocycles. The zero-order valence-corrected chi connectivity index (χ0v) is 25.1. The maximum Gasteiger partial charge on any atom is 0.506 e. The van der Waals surface area contributed by atoms with Crippen molar-refractivity contribution < 1.29 is 43.5 Å². The van der Waals surface area contributed by atoms with Gasteiger partial charge in [0.2, 0.25) is 0 Å². The summed E-state index contributed by atoms with van der Waals surface area (Å²) in [5, 5.41) is 18.4. The summed E-state index contributed by atoms with van der Waals surface area (Å²) in [6, 6.07) is 0. The van der Waals surface area contributed by atoms with Crippen molar-refractivity contribution in [2.45, 2.75) is 124 Å². The molecule has 230 valence electrons. The second kappa shape index (κ2) is 22.7. The number of carbonyl (C=O) groups excluding carboxylic acids is 1. The van der Waals surface area contributed by atoms with Gasteiger partial charge in [0, 0.05) is 12.0 Å². The Kier molecular flexibility index (Phi) is 21.5. The van der Waals surface area contributed by atoms with Gasteiger partial charge in [-0.3, -0.25) is 4.79 Å². The van der Waals surface area contributed by atoms with Crippen LogP contribution in [0.4, 0.5) is 9.59 Å². The van der Waals surface area contributed by atoms with Crippen LogP contribution in [0, 0.1) is 5.41 Å². The molecule has 0 saturated carbocycles. The SMILES string of the molecule is CCCCN(CCCC)CCC(=O)OCCOCC(CC)(CC(CCC)OC(=O)O)CC(CCC)OC(=O)O. The third-order valence-corrected chi connectivity index (χ3v) is 7.01. The minimum atomic E-state index is -1.33. The van der Waals surface area contributed by atoms with Crippen LogP contribution in [0.25, 0.3) is 0 Å². The van der Waals surface area contributed by atoms with Crippen molar-refractivity contribution in [3.8, 4) is 0 Å². The number of nitrogens with zero attached hydrogens (tertiary/aromatic N) is 1. The van der Waals surface area contributed by atoms with Crippen molar-refractivity contribution >= 4 is 18.3 Å². The fraction of sp³-hybridized carbons (Fsp3) is 0.897. The molecule has 0 radical (unpaired) electrons. The largest absolute Gasteiger partial charge is 0.506 e. The molecule has 0 aliphatic carbocycles. The molecule has 39 heavy (non-hydrogen) atoms. The molecule has 2 N–H and O–H groups in total. The Morgan fingerprint density at radius 2 is 1.26 bits per heavy atom.